The molecular weight excluding hydrogens is 372 g/mol. The molecule has 0 saturated heterocycles. The van der Waals surface area contributed by atoms with Gasteiger partial charge in [0.1, 0.15) is 0 Å². The van der Waals surface area contributed by atoms with Gasteiger partial charge in [0, 0.05) is 27.6 Å². The van der Waals surface area contributed by atoms with Gasteiger partial charge < -0.3 is 21.3 Å². The number of amides is 4. The number of hydrogen-bond acceptors (Lipinski definition) is 3. The molecule has 0 aliphatic heterocycles. The van der Waals surface area contributed by atoms with E-state index in [0.717, 1.165) is 4.90 Å². The third kappa shape index (κ3) is 5.78. The van der Waals surface area contributed by atoms with Gasteiger partial charge in [-0.05, 0) is 54.8 Å². The van der Waals surface area contributed by atoms with Crippen LogP contribution in [0.5, 0.6) is 0 Å². The maximum atomic E-state index is 12.2. The largest absolute Gasteiger partial charge is 0.323 e. The molecule has 3 rings (SSSR count). The first kappa shape index (κ1) is 19.3. The van der Waals surface area contributed by atoms with Crippen LogP contribution < -0.4 is 21.3 Å². The summed E-state index contributed by atoms with van der Waals surface area (Å²) < 4.78 is 0. The molecule has 28 heavy (non-hydrogen) atoms. The number of hydrogen-bond donors (Lipinski definition) is 4. The number of rotatable bonds is 5. The fourth-order valence-electron chi connectivity index (χ4n) is 2.48. The Morgan fingerprint density at radius 1 is 0.607 bits per heavy atom. The van der Waals surface area contributed by atoms with Crippen LogP contribution in [0.15, 0.2) is 83.8 Å². The highest BCUT2D eigenvalue weighted by Gasteiger charge is 2.06. The summed E-state index contributed by atoms with van der Waals surface area (Å²) in [7, 11) is 0. The summed E-state index contributed by atoms with van der Waals surface area (Å²) in [5.74, 6) is 0. The highest BCUT2D eigenvalue weighted by Crippen LogP contribution is 2.20. The minimum absolute atomic E-state index is 0.357. The highest BCUT2D eigenvalue weighted by molar-refractivity contribution is 7.98. The molecule has 0 spiro atoms. The van der Waals surface area contributed by atoms with Gasteiger partial charge in [-0.1, -0.05) is 30.3 Å². The van der Waals surface area contributed by atoms with Crippen LogP contribution in [0.3, 0.4) is 0 Å². The van der Waals surface area contributed by atoms with Crippen molar-refractivity contribution in [3.63, 3.8) is 0 Å². The van der Waals surface area contributed by atoms with Crippen LogP contribution in [0.2, 0.25) is 0 Å². The number of carbonyl (C=O) groups is 2. The molecule has 7 heteroatoms. The SMILES string of the molecule is CSc1cccc(NC(=O)Nc2cccc(NC(=O)Nc3ccccc3)c2)c1. The summed E-state index contributed by atoms with van der Waals surface area (Å²) in [6, 6.07) is 23.0. The van der Waals surface area contributed by atoms with E-state index in [-0.39, 0.29) is 12.1 Å². The number of anilines is 4. The zero-order valence-corrected chi connectivity index (χ0v) is 16.0. The topological polar surface area (TPSA) is 82.3 Å². The van der Waals surface area contributed by atoms with E-state index in [1.54, 1.807) is 48.2 Å². The lowest BCUT2D eigenvalue weighted by molar-refractivity contribution is 0.261. The van der Waals surface area contributed by atoms with Crippen molar-refractivity contribution >= 4 is 46.6 Å². The number of thioether (sulfide) groups is 1. The first-order chi connectivity index (χ1) is 13.6. The second-order valence-corrected chi connectivity index (χ2v) is 6.72. The van der Waals surface area contributed by atoms with E-state index < -0.39 is 0 Å². The normalized spacial score (nSPS) is 10.0. The van der Waals surface area contributed by atoms with Gasteiger partial charge in [0.15, 0.2) is 0 Å². The molecule has 0 aromatic heterocycles. The lowest BCUT2D eigenvalue weighted by atomic mass is 10.2. The summed E-state index contributed by atoms with van der Waals surface area (Å²) in [6.45, 7) is 0. The van der Waals surface area contributed by atoms with Crippen molar-refractivity contribution in [2.24, 2.45) is 0 Å². The Labute approximate surface area is 167 Å². The van der Waals surface area contributed by atoms with E-state index in [4.69, 9.17) is 0 Å². The first-order valence-corrected chi connectivity index (χ1v) is 9.80. The lowest BCUT2D eigenvalue weighted by Gasteiger charge is -2.11. The first-order valence-electron chi connectivity index (χ1n) is 8.57. The molecule has 4 N–H and O–H groups in total. The predicted molar refractivity (Wildman–Crippen MR) is 116 cm³/mol. The maximum absolute atomic E-state index is 12.2. The molecule has 6 nitrogen and oxygen atoms in total. The van der Waals surface area contributed by atoms with Crippen molar-refractivity contribution in [3.8, 4) is 0 Å². The summed E-state index contributed by atoms with van der Waals surface area (Å²) >= 11 is 1.60. The zero-order chi connectivity index (χ0) is 19.8. The van der Waals surface area contributed by atoms with Crippen molar-refractivity contribution in [3.05, 3.63) is 78.9 Å². The molecule has 0 bridgehead atoms. The second kappa shape index (κ2) is 9.48. The third-order valence-electron chi connectivity index (χ3n) is 3.74. The molecule has 0 aliphatic carbocycles. The van der Waals surface area contributed by atoms with Gasteiger partial charge in [-0.15, -0.1) is 11.8 Å². The Bertz CT molecular complexity index is 963. The van der Waals surface area contributed by atoms with E-state index in [2.05, 4.69) is 21.3 Å². The number of para-hydroxylation sites is 1. The lowest BCUT2D eigenvalue weighted by Crippen LogP contribution is -2.21. The van der Waals surface area contributed by atoms with E-state index in [9.17, 15) is 9.59 Å². The van der Waals surface area contributed by atoms with E-state index in [1.165, 1.54) is 0 Å². The minimum atomic E-state index is -0.360. The molecule has 0 radical (unpaired) electrons. The monoisotopic (exact) mass is 392 g/mol. The fourth-order valence-corrected chi connectivity index (χ4v) is 2.94. The number of urea groups is 2. The summed E-state index contributed by atoms with van der Waals surface area (Å²) in [5.41, 5.74) is 2.54. The van der Waals surface area contributed by atoms with Gasteiger partial charge in [-0.2, -0.15) is 0 Å². The number of carbonyl (C=O) groups excluding carboxylic acids is 2. The Kier molecular flexibility index (Phi) is 6.54. The van der Waals surface area contributed by atoms with Gasteiger partial charge in [0.25, 0.3) is 0 Å². The summed E-state index contributed by atoms with van der Waals surface area (Å²) in [4.78, 5) is 25.4. The Balaban J connectivity index is 1.58. The van der Waals surface area contributed by atoms with Crippen molar-refractivity contribution in [2.45, 2.75) is 4.90 Å². The molecule has 142 valence electrons. The van der Waals surface area contributed by atoms with Crippen molar-refractivity contribution < 1.29 is 9.59 Å². The van der Waals surface area contributed by atoms with E-state index in [0.29, 0.717) is 22.7 Å². The van der Waals surface area contributed by atoms with Gasteiger partial charge in [-0.3, -0.25) is 0 Å². The van der Waals surface area contributed by atoms with Crippen LogP contribution in [0.4, 0.5) is 32.3 Å². The van der Waals surface area contributed by atoms with Crippen molar-refractivity contribution in [2.75, 3.05) is 27.5 Å². The smallest absolute Gasteiger partial charge is 0.308 e. The van der Waals surface area contributed by atoms with Crippen LogP contribution in [-0.4, -0.2) is 18.3 Å². The predicted octanol–water partition coefficient (Wildman–Crippen LogP) is 5.70. The molecule has 0 heterocycles. The van der Waals surface area contributed by atoms with Gasteiger partial charge in [0.05, 0.1) is 0 Å². The third-order valence-corrected chi connectivity index (χ3v) is 4.46. The molecule has 3 aromatic carbocycles. The van der Waals surface area contributed by atoms with E-state index in [1.807, 2.05) is 48.7 Å². The summed E-state index contributed by atoms with van der Waals surface area (Å²) in [5, 5.41) is 11.0. The molecule has 0 saturated carbocycles. The Morgan fingerprint density at radius 2 is 1.07 bits per heavy atom. The van der Waals surface area contributed by atoms with Gasteiger partial charge in [0.2, 0.25) is 0 Å². The van der Waals surface area contributed by atoms with Gasteiger partial charge >= 0.3 is 12.1 Å². The standard InChI is InChI=1S/C21H20N4O2S/c1-28-19-12-6-11-18(14-19)25-21(27)24-17-10-5-9-16(13-17)23-20(26)22-15-7-3-2-4-8-15/h2-14H,1H3,(H2,22,23,26)(H2,24,25,27). The van der Waals surface area contributed by atoms with Crippen molar-refractivity contribution in [1.29, 1.82) is 0 Å². The molecule has 0 unspecified atom stereocenters. The molecule has 0 atom stereocenters. The molecule has 0 aliphatic rings. The summed E-state index contributed by atoms with van der Waals surface area (Å²) in [6.07, 6.45) is 1.98. The number of benzene rings is 3. The Morgan fingerprint density at radius 3 is 1.64 bits per heavy atom. The zero-order valence-electron chi connectivity index (χ0n) is 15.2. The molecule has 3 aromatic rings. The maximum Gasteiger partial charge on any atom is 0.323 e. The highest BCUT2D eigenvalue weighted by atomic mass is 32.2. The van der Waals surface area contributed by atoms with Crippen LogP contribution >= 0.6 is 11.8 Å². The second-order valence-electron chi connectivity index (χ2n) is 5.84. The average Bonchev–Trinajstić information content (AvgIpc) is 2.69. The van der Waals surface area contributed by atoms with Crippen molar-refractivity contribution in [1.82, 2.24) is 0 Å². The van der Waals surface area contributed by atoms with Crippen LogP contribution in [0.1, 0.15) is 0 Å². The average molecular weight is 392 g/mol. The molecular formula is C21H20N4O2S. The minimum Gasteiger partial charge on any atom is -0.308 e. The quantitative estimate of drug-likeness (QED) is 0.421. The number of nitrogens with one attached hydrogen (secondary N) is 4. The van der Waals surface area contributed by atoms with Crippen LogP contribution in [-0.2, 0) is 0 Å². The Hall–Kier alpha value is -3.45. The van der Waals surface area contributed by atoms with Crippen LogP contribution in [0, 0.1) is 0 Å². The van der Waals surface area contributed by atoms with E-state index >= 15 is 0 Å². The van der Waals surface area contributed by atoms with Gasteiger partial charge in [-0.25, -0.2) is 9.59 Å². The molecule has 0 fully saturated rings. The fraction of sp³-hybridized carbons (Fsp3) is 0.0476. The van der Waals surface area contributed by atoms with Crippen LogP contribution in [0.25, 0.3) is 0 Å². The molecule has 4 amide bonds.